The Labute approximate surface area is 171 Å². The fourth-order valence-electron chi connectivity index (χ4n) is 5.28. The van der Waals surface area contributed by atoms with Gasteiger partial charge < -0.3 is 19.5 Å². The first-order valence-corrected chi connectivity index (χ1v) is 10.5. The zero-order valence-electron chi connectivity index (χ0n) is 16.9. The Morgan fingerprint density at radius 3 is 2.72 bits per heavy atom. The van der Waals surface area contributed by atoms with E-state index in [0.717, 1.165) is 36.9 Å². The SMILES string of the molecule is CC1(C)Oc2c(O)cccc2[C@@H]2O[C@@H]3CCCN(C(=O)c4ccccc4)[C@@H]3C[C@H]21. The Balaban J connectivity index is 1.48. The molecule has 5 heteroatoms. The van der Waals surface area contributed by atoms with Crippen LogP contribution in [0.2, 0.25) is 0 Å². The van der Waals surface area contributed by atoms with Gasteiger partial charge in [-0.1, -0.05) is 30.3 Å². The van der Waals surface area contributed by atoms with Crippen LogP contribution >= 0.6 is 0 Å². The van der Waals surface area contributed by atoms with Crippen molar-refractivity contribution in [3.05, 3.63) is 59.7 Å². The van der Waals surface area contributed by atoms with Crippen LogP contribution in [0.5, 0.6) is 11.5 Å². The molecule has 152 valence electrons. The summed E-state index contributed by atoms with van der Waals surface area (Å²) in [5, 5.41) is 10.3. The second kappa shape index (κ2) is 6.77. The van der Waals surface area contributed by atoms with Crippen LogP contribution in [0.25, 0.3) is 0 Å². The Morgan fingerprint density at radius 1 is 1.14 bits per heavy atom. The molecule has 5 nitrogen and oxygen atoms in total. The van der Waals surface area contributed by atoms with E-state index in [2.05, 4.69) is 13.8 Å². The van der Waals surface area contributed by atoms with Crippen molar-refractivity contribution in [2.75, 3.05) is 6.54 Å². The van der Waals surface area contributed by atoms with Crippen LogP contribution < -0.4 is 4.74 Å². The van der Waals surface area contributed by atoms with Crippen LogP contribution in [0.4, 0.5) is 0 Å². The predicted octanol–water partition coefficient (Wildman–Crippen LogP) is 4.31. The summed E-state index contributed by atoms with van der Waals surface area (Å²) >= 11 is 0. The quantitative estimate of drug-likeness (QED) is 0.784. The van der Waals surface area contributed by atoms with Gasteiger partial charge in [-0.05, 0) is 51.3 Å². The smallest absolute Gasteiger partial charge is 0.254 e. The van der Waals surface area contributed by atoms with Crippen molar-refractivity contribution in [2.45, 2.75) is 57.0 Å². The topological polar surface area (TPSA) is 59.0 Å². The van der Waals surface area contributed by atoms with E-state index in [9.17, 15) is 9.90 Å². The minimum atomic E-state index is -0.500. The van der Waals surface area contributed by atoms with E-state index in [0.29, 0.717) is 5.75 Å². The summed E-state index contributed by atoms with van der Waals surface area (Å²) in [4.78, 5) is 15.2. The number of piperidine rings is 1. The molecule has 0 aliphatic carbocycles. The Hall–Kier alpha value is -2.53. The number of fused-ring (bicyclic) bond motifs is 4. The lowest BCUT2D eigenvalue weighted by Crippen LogP contribution is -2.60. The zero-order valence-corrected chi connectivity index (χ0v) is 16.9. The molecule has 0 spiro atoms. The number of likely N-dealkylation sites (tertiary alicyclic amines) is 1. The summed E-state index contributed by atoms with van der Waals surface area (Å²) < 4.78 is 12.9. The van der Waals surface area contributed by atoms with Crippen molar-refractivity contribution in [1.82, 2.24) is 4.90 Å². The lowest BCUT2D eigenvalue weighted by Gasteiger charge is -2.54. The van der Waals surface area contributed by atoms with Gasteiger partial charge in [-0.3, -0.25) is 4.79 Å². The van der Waals surface area contributed by atoms with E-state index in [1.54, 1.807) is 6.07 Å². The number of amides is 1. The highest BCUT2D eigenvalue weighted by atomic mass is 16.5. The van der Waals surface area contributed by atoms with Crippen LogP contribution in [0.3, 0.4) is 0 Å². The van der Waals surface area contributed by atoms with Gasteiger partial charge in [0, 0.05) is 23.6 Å². The molecule has 3 aliphatic heterocycles. The number of nitrogens with zero attached hydrogens (tertiary/aromatic N) is 1. The summed E-state index contributed by atoms with van der Waals surface area (Å²) in [6.07, 6.45) is 2.58. The first-order valence-electron chi connectivity index (χ1n) is 10.5. The first-order chi connectivity index (χ1) is 14.0. The third kappa shape index (κ3) is 2.99. The number of ether oxygens (including phenoxy) is 2. The number of phenols is 1. The average Bonchev–Trinajstić information content (AvgIpc) is 2.73. The van der Waals surface area contributed by atoms with Gasteiger partial charge in [0.15, 0.2) is 11.5 Å². The lowest BCUT2D eigenvalue weighted by atomic mass is 9.72. The highest BCUT2D eigenvalue weighted by Crippen LogP contribution is 2.54. The maximum atomic E-state index is 13.2. The summed E-state index contributed by atoms with van der Waals surface area (Å²) in [7, 11) is 0. The third-order valence-corrected chi connectivity index (χ3v) is 6.77. The molecule has 4 atom stereocenters. The minimum Gasteiger partial charge on any atom is -0.504 e. The number of hydrogen-bond donors (Lipinski definition) is 1. The van der Waals surface area contributed by atoms with Gasteiger partial charge >= 0.3 is 0 Å². The fraction of sp³-hybridized carbons (Fsp3) is 0.458. The van der Waals surface area contributed by atoms with E-state index in [1.165, 1.54) is 0 Å². The number of benzene rings is 2. The van der Waals surface area contributed by atoms with Crippen LogP contribution in [0.15, 0.2) is 48.5 Å². The largest absolute Gasteiger partial charge is 0.504 e. The van der Waals surface area contributed by atoms with E-state index in [4.69, 9.17) is 9.47 Å². The van der Waals surface area contributed by atoms with Crippen molar-refractivity contribution < 1.29 is 19.4 Å². The standard InChI is InChI=1S/C24H27NO4/c1-24(2)17-14-18-20(28-21(17)16-10-6-11-19(26)22(16)29-24)12-7-13-25(18)23(27)15-8-4-3-5-9-15/h3-6,8-11,17-18,20-21,26H,7,12-14H2,1-2H3/t17-,18-,20-,21+/m1/s1. The van der Waals surface area contributed by atoms with Gasteiger partial charge in [-0.15, -0.1) is 0 Å². The zero-order chi connectivity index (χ0) is 20.2. The molecule has 1 N–H and O–H groups in total. The van der Waals surface area contributed by atoms with E-state index >= 15 is 0 Å². The van der Waals surface area contributed by atoms with Gasteiger partial charge in [0.25, 0.3) is 5.91 Å². The molecular formula is C24H27NO4. The van der Waals surface area contributed by atoms with Crippen LogP contribution in [0, 0.1) is 5.92 Å². The highest BCUT2D eigenvalue weighted by Gasteiger charge is 2.53. The van der Waals surface area contributed by atoms with E-state index < -0.39 is 5.60 Å². The number of carbonyl (C=O) groups is 1. The first kappa shape index (κ1) is 18.5. The number of rotatable bonds is 1. The predicted molar refractivity (Wildman–Crippen MR) is 109 cm³/mol. The Kier molecular flexibility index (Phi) is 4.32. The molecule has 0 bridgehead atoms. The van der Waals surface area contributed by atoms with Gasteiger partial charge in [0.1, 0.15) is 5.60 Å². The molecule has 2 aromatic carbocycles. The van der Waals surface area contributed by atoms with E-state index in [-0.39, 0.29) is 35.8 Å². The van der Waals surface area contributed by atoms with E-state index in [1.807, 2.05) is 47.4 Å². The minimum absolute atomic E-state index is 0.00163. The van der Waals surface area contributed by atoms with Crippen molar-refractivity contribution in [1.29, 1.82) is 0 Å². The Morgan fingerprint density at radius 2 is 1.93 bits per heavy atom. The number of carbonyl (C=O) groups excluding carboxylic acids is 1. The van der Waals surface area contributed by atoms with Gasteiger partial charge in [-0.2, -0.15) is 0 Å². The molecule has 0 radical (unpaired) electrons. The maximum absolute atomic E-state index is 13.2. The van der Waals surface area contributed by atoms with Crippen molar-refractivity contribution >= 4 is 5.91 Å². The molecule has 2 saturated heterocycles. The number of hydrogen-bond acceptors (Lipinski definition) is 4. The Bertz CT molecular complexity index is 926. The van der Waals surface area contributed by atoms with Crippen LogP contribution in [-0.2, 0) is 4.74 Å². The molecule has 3 aliphatic rings. The normalized spacial score (nSPS) is 29.8. The van der Waals surface area contributed by atoms with Crippen molar-refractivity contribution in [3.8, 4) is 11.5 Å². The molecule has 2 aromatic rings. The van der Waals surface area contributed by atoms with Crippen molar-refractivity contribution in [3.63, 3.8) is 0 Å². The molecule has 0 unspecified atom stereocenters. The van der Waals surface area contributed by atoms with Gasteiger partial charge in [0.05, 0.1) is 18.2 Å². The molecule has 0 saturated carbocycles. The molecule has 0 aromatic heterocycles. The third-order valence-electron chi connectivity index (χ3n) is 6.77. The summed E-state index contributed by atoms with van der Waals surface area (Å²) in [6.45, 7) is 4.86. The number of para-hydroxylation sites is 1. The monoisotopic (exact) mass is 393 g/mol. The number of aromatic hydroxyl groups is 1. The summed E-state index contributed by atoms with van der Waals surface area (Å²) in [6, 6.07) is 15.0. The lowest BCUT2D eigenvalue weighted by molar-refractivity contribution is -0.184. The van der Waals surface area contributed by atoms with Gasteiger partial charge in [-0.25, -0.2) is 0 Å². The molecular weight excluding hydrogens is 366 g/mol. The fourth-order valence-corrected chi connectivity index (χ4v) is 5.28. The highest BCUT2D eigenvalue weighted by molar-refractivity contribution is 5.94. The molecule has 3 heterocycles. The number of phenolic OH excluding ortho intramolecular Hbond substituents is 1. The van der Waals surface area contributed by atoms with Gasteiger partial charge in [0.2, 0.25) is 0 Å². The molecule has 2 fully saturated rings. The summed E-state index contributed by atoms with van der Waals surface area (Å²) in [5.74, 6) is 0.867. The maximum Gasteiger partial charge on any atom is 0.254 e. The van der Waals surface area contributed by atoms with Crippen LogP contribution in [0.1, 0.15) is 55.1 Å². The second-order valence-corrected chi connectivity index (χ2v) is 8.91. The van der Waals surface area contributed by atoms with Crippen molar-refractivity contribution in [2.24, 2.45) is 5.92 Å². The summed E-state index contributed by atoms with van der Waals surface area (Å²) in [5.41, 5.74) is 1.14. The van der Waals surface area contributed by atoms with Crippen LogP contribution in [-0.4, -0.2) is 40.2 Å². The molecule has 29 heavy (non-hydrogen) atoms. The average molecular weight is 393 g/mol. The molecule has 5 rings (SSSR count). The molecule has 1 amide bonds. The second-order valence-electron chi connectivity index (χ2n) is 8.91.